The number of carbonyl (C=O) groups excluding carboxylic acids is 1. The molecule has 2 N–H and O–H groups in total. The van der Waals surface area contributed by atoms with Crippen LogP contribution in [0, 0.1) is 5.92 Å². The molecular weight excluding hydrogens is 268 g/mol. The maximum absolute atomic E-state index is 12.2. The third kappa shape index (κ3) is 3.97. The van der Waals surface area contributed by atoms with E-state index in [4.69, 9.17) is 5.11 Å². The Bertz CT molecular complexity index is 516. The summed E-state index contributed by atoms with van der Waals surface area (Å²) >= 11 is 0. The first kappa shape index (κ1) is 15.4. The Balaban J connectivity index is 1.89. The number of urea groups is 1. The topological polar surface area (TPSA) is 69.6 Å². The second-order valence-electron chi connectivity index (χ2n) is 5.45. The number of hydrogen-bond donors (Lipinski definition) is 2. The molecule has 2 amide bonds. The molecule has 1 aromatic rings. The highest BCUT2D eigenvalue weighted by atomic mass is 16.4. The number of amides is 2. The molecule has 0 aliphatic carbocycles. The van der Waals surface area contributed by atoms with Crippen molar-refractivity contribution in [3.05, 3.63) is 35.4 Å². The predicted octanol–water partition coefficient (Wildman–Crippen LogP) is 2.26. The van der Waals surface area contributed by atoms with Crippen molar-refractivity contribution in [3.63, 3.8) is 0 Å². The zero-order chi connectivity index (χ0) is 15.2. The molecule has 0 radical (unpaired) electrons. The number of carbonyl (C=O) groups is 2. The summed E-state index contributed by atoms with van der Waals surface area (Å²) in [5.41, 5.74) is 2.46. The van der Waals surface area contributed by atoms with Gasteiger partial charge in [-0.05, 0) is 24.0 Å². The largest absolute Gasteiger partial charge is 0.481 e. The van der Waals surface area contributed by atoms with E-state index in [1.54, 1.807) is 4.90 Å². The predicted molar refractivity (Wildman–Crippen MR) is 80.0 cm³/mol. The van der Waals surface area contributed by atoms with Gasteiger partial charge in [-0.15, -0.1) is 0 Å². The summed E-state index contributed by atoms with van der Waals surface area (Å²) < 4.78 is 0. The highest BCUT2D eigenvalue weighted by Crippen LogP contribution is 2.18. The van der Waals surface area contributed by atoms with Crippen molar-refractivity contribution in [3.8, 4) is 0 Å². The molecule has 1 aliphatic rings. The smallest absolute Gasteiger partial charge is 0.317 e. The molecule has 114 valence electrons. The van der Waals surface area contributed by atoms with Crippen LogP contribution in [0.5, 0.6) is 0 Å². The standard InChI is InChI=1S/C16H22N2O3/c1-2-5-13(15(19)20)10-17-16(21)18-9-8-12-6-3-4-7-14(12)11-18/h3-4,6-7,13H,2,5,8-11H2,1H3,(H,17,21)(H,19,20). The number of benzene rings is 1. The monoisotopic (exact) mass is 290 g/mol. The van der Waals surface area contributed by atoms with E-state index in [1.807, 2.05) is 25.1 Å². The molecule has 1 atom stereocenters. The van der Waals surface area contributed by atoms with Crippen molar-refractivity contribution >= 4 is 12.0 Å². The first-order valence-electron chi connectivity index (χ1n) is 7.44. The van der Waals surface area contributed by atoms with Crippen LogP contribution in [-0.2, 0) is 17.8 Å². The molecule has 5 nitrogen and oxygen atoms in total. The van der Waals surface area contributed by atoms with Gasteiger partial charge in [-0.2, -0.15) is 0 Å². The average Bonchev–Trinajstić information content (AvgIpc) is 2.50. The highest BCUT2D eigenvalue weighted by Gasteiger charge is 2.22. The van der Waals surface area contributed by atoms with Crippen molar-refractivity contribution < 1.29 is 14.7 Å². The Morgan fingerprint density at radius 2 is 2.05 bits per heavy atom. The van der Waals surface area contributed by atoms with E-state index in [0.717, 1.165) is 12.8 Å². The Hall–Kier alpha value is -2.04. The Labute approximate surface area is 125 Å². The van der Waals surface area contributed by atoms with E-state index in [9.17, 15) is 9.59 Å². The minimum absolute atomic E-state index is 0.174. The zero-order valence-corrected chi connectivity index (χ0v) is 12.3. The van der Waals surface area contributed by atoms with Crippen LogP contribution in [0.2, 0.25) is 0 Å². The van der Waals surface area contributed by atoms with Crippen LogP contribution in [-0.4, -0.2) is 35.1 Å². The normalized spacial score (nSPS) is 15.2. The van der Waals surface area contributed by atoms with E-state index in [1.165, 1.54) is 11.1 Å². The lowest BCUT2D eigenvalue weighted by Gasteiger charge is -2.29. The van der Waals surface area contributed by atoms with Crippen LogP contribution in [0.3, 0.4) is 0 Å². The fraction of sp³-hybridized carbons (Fsp3) is 0.500. The van der Waals surface area contributed by atoms with Crippen molar-refractivity contribution in [2.24, 2.45) is 5.92 Å². The molecule has 2 rings (SSSR count). The Morgan fingerprint density at radius 1 is 1.33 bits per heavy atom. The summed E-state index contributed by atoms with van der Waals surface area (Å²) in [5, 5.41) is 11.8. The van der Waals surface area contributed by atoms with Crippen molar-refractivity contribution in [1.82, 2.24) is 10.2 Å². The van der Waals surface area contributed by atoms with Crippen LogP contribution in [0.15, 0.2) is 24.3 Å². The van der Waals surface area contributed by atoms with Crippen LogP contribution < -0.4 is 5.32 Å². The van der Waals surface area contributed by atoms with Gasteiger partial charge in [0.05, 0.1) is 5.92 Å². The number of carboxylic acids is 1. The van der Waals surface area contributed by atoms with Crippen LogP contribution in [0.25, 0.3) is 0 Å². The van der Waals surface area contributed by atoms with E-state index in [2.05, 4.69) is 11.4 Å². The number of hydrogen-bond acceptors (Lipinski definition) is 2. The van der Waals surface area contributed by atoms with Crippen LogP contribution in [0.1, 0.15) is 30.9 Å². The first-order chi connectivity index (χ1) is 10.1. The molecule has 1 heterocycles. The molecule has 0 spiro atoms. The van der Waals surface area contributed by atoms with Gasteiger partial charge in [-0.3, -0.25) is 4.79 Å². The van der Waals surface area contributed by atoms with Gasteiger partial charge in [-0.1, -0.05) is 37.6 Å². The molecule has 0 fully saturated rings. The van der Waals surface area contributed by atoms with Crippen LogP contribution >= 0.6 is 0 Å². The quantitative estimate of drug-likeness (QED) is 0.874. The molecule has 0 aromatic heterocycles. The fourth-order valence-electron chi connectivity index (χ4n) is 2.65. The third-order valence-electron chi connectivity index (χ3n) is 3.90. The second kappa shape index (κ2) is 7.11. The molecular formula is C16H22N2O3. The van der Waals surface area contributed by atoms with Gasteiger partial charge in [0.1, 0.15) is 0 Å². The molecule has 0 bridgehead atoms. The summed E-state index contributed by atoms with van der Waals surface area (Å²) in [6.07, 6.45) is 2.23. The number of aliphatic carboxylic acids is 1. The lowest BCUT2D eigenvalue weighted by atomic mass is 10.0. The number of rotatable bonds is 5. The molecule has 1 aromatic carbocycles. The fourth-order valence-corrected chi connectivity index (χ4v) is 2.65. The second-order valence-corrected chi connectivity index (χ2v) is 5.45. The van der Waals surface area contributed by atoms with Crippen molar-refractivity contribution in [1.29, 1.82) is 0 Å². The summed E-state index contributed by atoms with van der Waals surface area (Å²) in [6.45, 7) is 3.40. The van der Waals surface area contributed by atoms with Gasteiger partial charge in [0.25, 0.3) is 0 Å². The number of carboxylic acid groups (broad SMARTS) is 1. The summed E-state index contributed by atoms with van der Waals surface area (Å²) in [4.78, 5) is 25.0. The molecule has 0 saturated carbocycles. The highest BCUT2D eigenvalue weighted by molar-refractivity contribution is 5.76. The molecule has 5 heteroatoms. The Morgan fingerprint density at radius 3 is 2.71 bits per heavy atom. The van der Waals surface area contributed by atoms with Gasteiger partial charge >= 0.3 is 12.0 Å². The van der Waals surface area contributed by atoms with Gasteiger partial charge in [0.2, 0.25) is 0 Å². The van der Waals surface area contributed by atoms with E-state index >= 15 is 0 Å². The summed E-state index contributed by atoms with van der Waals surface area (Å²) in [5.74, 6) is -1.35. The SMILES string of the molecule is CCCC(CNC(=O)N1CCc2ccccc2C1)C(=O)O. The molecule has 0 saturated heterocycles. The number of nitrogens with zero attached hydrogens (tertiary/aromatic N) is 1. The zero-order valence-electron chi connectivity index (χ0n) is 12.3. The third-order valence-corrected chi connectivity index (χ3v) is 3.90. The average molecular weight is 290 g/mol. The number of fused-ring (bicyclic) bond motifs is 1. The van der Waals surface area contributed by atoms with E-state index in [-0.39, 0.29) is 12.6 Å². The van der Waals surface area contributed by atoms with Gasteiger partial charge < -0.3 is 15.3 Å². The molecule has 21 heavy (non-hydrogen) atoms. The molecule has 1 unspecified atom stereocenters. The minimum Gasteiger partial charge on any atom is -0.481 e. The summed E-state index contributed by atoms with van der Waals surface area (Å²) in [7, 11) is 0. The maximum Gasteiger partial charge on any atom is 0.317 e. The minimum atomic E-state index is -0.846. The Kier molecular flexibility index (Phi) is 5.20. The number of nitrogens with one attached hydrogen (secondary N) is 1. The molecule has 1 aliphatic heterocycles. The lowest BCUT2D eigenvalue weighted by molar-refractivity contribution is -0.141. The lowest BCUT2D eigenvalue weighted by Crippen LogP contribution is -2.45. The van der Waals surface area contributed by atoms with Crippen molar-refractivity contribution in [2.75, 3.05) is 13.1 Å². The van der Waals surface area contributed by atoms with E-state index in [0.29, 0.717) is 19.5 Å². The van der Waals surface area contributed by atoms with E-state index < -0.39 is 11.9 Å². The van der Waals surface area contributed by atoms with Gasteiger partial charge in [0.15, 0.2) is 0 Å². The summed E-state index contributed by atoms with van der Waals surface area (Å²) in [6, 6.07) is 7.93. The van der Waals surface area contributed by atoms with Gasteiger partial charge in [-0.25, -0.2) is 4.79 Å². The first-order valence-corrected chi connectivity index (χ1v) is 7.44. The maximum atomic E-state index is 12.2. The van der Waals surface area contributed by atoms with Gasteiger partial charge in [0, 0.05) is 19.6 Å². The van der Waals surface area contributed by atoms with Crippen molar-refractivity contribution in [2.45, 2.75) is 32.7 Å². The van der Waals surface area contributed by atoms with Crippen LogP contribution in [0.4, 0.5) is 4.79 Å².